The molecule has 0 unspecified atom stereocenters. The molecule has 1 aliphatic heterocycles. The normalized spacial score (nSPS) is 14.6. The van der Waals surface area contributed by atoms with Crippen LogP contribution >= 0.6 is 0 Å². The third-order valence-electron chi connectivity index (χ3n) is 5.57. The van der Waals surface area contributed by atoms with E-state index in [9.17, 15) is 18.8 Å². The molecule has 2 N–H and O–H groups in total. The van der Waals surface area contributed by atoms with Gasteiger partial charge in [-0.3, -0.25) is 23.6 Å². The number of benzene rings is 1. The molecule has 2 aromatic rings. The highest BCUT2D eigenvalue weighted by molar-refractivity contribution is 6.01. The van der Waals surface area contributed by atoms with Crippen molar-refractivity contribution in [1.82, 2.24) is 14.0 Å². The average Bonchev–Trinajstić information content (AvgIpc) is 2.76. The Morgan fingerprint density at radius 1 is 1.22 bits per heavy atom. The van der Waals surface area contributed by atoms with Crippen molar-refractivity contribution in [3.8, 4) is 6.07 Å². The summed E-state index contributed by atoms with van der Waals surface area (Å²) in [6.07, 6.45) is 0. The predicted molar refractivity (Wildman–Crippen MR) is 119 cm³/mol. The fourth-order valence-electron chi connectivity index (χ4n) is 3.85. The zero-order valence-corrected chi connectivity index (χ0v) is 18.5. The van der Waals surface area contributed by atoms with Crippen molar-refractivity contribution in [2.75, 3.05) is 43.4 Å². The number of nitrogens with two attached hydrogens (primary N) is 1. The number of anilines is 2. The van der Waals surface area contributed by atoms with Crippen LogP contribution in [0.3, 0.4) is 0 Å². The van der Waals surface area contributed by atoms with Crippen molar-refractivity contribution in [2.45, 2.75) is 20.4 Å². The number of piperazine rings is 1. The molecular formula is C22H27FN6O3. The number of Topliss-reactive ketones (excluding diaryl/α,β-unsaturated/α-hetero) is 1. The van der Waals surface area contributed by atoms with Crippen LogP contribution in [-0.4, -0.2) is 52.5 Å². The lowest BCUT2D eigenvalue weighted by atomic mass is 10.1. The van der Waals surface area contributed by atoms with Crippen LogP contribution in [0.2, 0.25) is 0 Å². The molecule has 2 heterocycles. The van der Waals surface area contributed by atoms with Crippen LogP contribution in [0.5, 0.6) is 0 Å². The summed E-state index contributed by atoms with van der Waals surface area (Å²) in [6.45, 7) is 6.03. The molecule has 1 saturated heterocycles. The van der Waals surface area contributed by atoms with Gasteiger partial charge >= 0.3 is 5.69 Å². The van der Waals surface area contributed by atoms with E-state index in [1.54, 1.807) is 12.1 Å². The summed E-state index contributed by atoms with van der Waals surface area (Å²) < 4.78 is 16.5. The van der Waals surface area contributed by atoms with E-state index in [0.29, 0.717) is 38.4 Å². The third kappa shape index (κ3) is 4.57. The van der Waals surface area contributed by atoms with E-state index in [4.69, 9.17) is 11.0 Å². The molecule has 0 saturated carbocycles. The number of nitrogen functional groups attached to an aromatic ring is 1. The molecule has 0 atom stereocenters. The topological polar surface area (TPSA) is 117 Å². The molecule has 32 heavy (non-hydrogen) atoms. The van der Waals surface area contributed by atoms with Crippen molar-refractivity contribution >= 4 is 17.3 Å². The molecule has 0 spiro atoms. The number of ketones is 1. The Morgan fingerprint density at radius 2 is 1.88 bits per heavy atom. The smallest absolute Gasteiger partial charge is 0.332 e. The van der Waals surface area contributed by atoms with Crippen LogP contribution in [-0.2, 0) is 13.6 Å². The second-order valence-electron chi connectivity index (χ2n) is 8.38. The van der Waals surface area contributed by atoms with Gasteiger partial charge in [0.2, 0.25) is 0 Å². The van der Waals surface area contributed by atoms with Crippen LogP contribution in [0.1, 0.15) is 29.8 Å². The summed E-state index contributed by atoms with van der Waals surface area (Å²) in [5.74, 6) is -0.905. The molecule has 1 aliphatic rings. The molecule has 0 aliphatic carbocycles. The van der Waals surface area contributed by atoms with Crippen molar-refractivity contribution in [2.24, 2.45) is 13.0 Å². The third-order valence-corrected chi connectivity index (χ3v) is 5.57. The Balaban J connectivity index is 1.74. The zero-order valence-electron chi connectivity index (χ0n) is 18.5. The number of carbonyl (C=O) groups is 1. The van der Waals surface area contributed by atoms with E-state index in [1.807, 2.05) is 29.7 Å². The summed E-state index contributed by atoms with van der Waals surface area (Å²) >= 11 is 0. The van der Waals surface area contributed by atoms with Crippen LogP contribution in [0.15, 0.2) is 27.8 Å². The van der Waals surface area contributed by atoms with Crippen molar-refractivity contribution in [1.29, 1.82) is 5.26 Å². The monoisotopic (exact) mass is 442 g/mol. The van der Waals surface area contributed by atoms with Gasteiger partial charge in [-0.25, -0.2) is 9.18 Å². The number of hydrogen-bond donors (Lipinski definition) is 1. The number of halogens is 1. The first kappa shape index (κ1) is 23.2. The lowest BCUT2D eigenvalue weighted by Crippen LogP contribution is -2.49. The molecule has 1 aromatic carbocycles. The Bertz CT molecular complexity index is 1190. The van der Waals surface area contributed by atoms with E-state index < -0.39 is 22.8 Å². The molecule has 0 amide bonds. The molecule has 0 bridgehead atoms. The standard InChI is InChI=1S/C22H27FN6O3/c1-14(2)12-29-20(25)19(21(31)26(3)22(29)32)18(30)13-27-6-8-28(9-7-27)17-5-4-15(11-24)10-16(17)23/h4-5,10,14H,6-9,12-13,25H2,1-3H3. The van der Waals surface area contributed by atoms with Gasteiger partial charge in [0.05, 0.1) is 23.9 Å². The van der Waals surface area contributed by atoms with Crippen LogP contribution in [0, 0.1) is 23.1 Å². The summed E-state index contributed by atoms with van der Waals surface area (Å²) in [4.78, 5) is 41.7. The van der Waals surface area contributed by atoms with Gasteiger partial charge < -0.3 is 10.6 Å². The van der Waals surface area contributed by atoms with Gasteiger partial charge in [-0.2, -0.15) is 5.26 Å². The highest BCUT2D eigenvalue weighted by Gasteiger charge is 2.26. The molecule has 170 valence electrons. The maximum absolute atomic E-state index is 14.3. The van der Waals surface area contributed by atoms with Crippen molar-refractivity contribution < 1.29 is 9.18 Å². The molecule has 1 fully saturated rings. The summed E-state index contributed by atoms with van der Waals surface area (Å²) in [7, 11) is 1.34. The SMILES string of the molecule is CC(C)Cn1c(N)c(C(=O)CN2CCN(c3ccc(C#N)cc3F)CC2)c(=O)n(C)c1=O. The Labute approximate surface area is 185 Å². The minimum Gasteiger partial charge on any atom is -0.384 e. The Hall–Kier alpha value is -3.45. The van der Waals surface area contributed by atoms with Gasteiger partial charge in [-0.15, -0.1) is 0 Å². The van der Waals surface area contributed by atoms with E-state index in [-0.39, 0.29) is 29.4 Å². The molecule has 0 radical (unpaired) electrons. The molecule has 9 nitrogen and oxygen atoms in total. The number of nitriles is 1. The average molecular weight is 442 g/mol. The Morgan fingerprint density at radius 3 is 2.44 bits per heavy atom. The van der Waals surface area contributed by atoms with Crippen LogP contribution < -0.4 is 21.9 Å². The lowest BCUT2D eigenvalue weighted by molar-refractivity contribution is 0.0924. The number of hydrogen-bond acceptors (Lipinski definition) is 7. The minimum atomic E-state index is -0.698. The Kier molecular flexibility index (Phi) is 6.79. The summed E-state index contributed by atoms with van der Waals surface area (Å²) in [5.41, 5.74) is 5.34. The molecule has 3 rings (SSSR count). The minimum absolute atomic E-state index is 0.0248. The maximum Gasteiger partial charge on any atom is 0.332 e. The van der Waals surface area contributed by atoms with Gasteiger partial charge in [-0.1, -0.05) is 13.8 Å². The van der Waals surface area contributed by atoms with Crippen LogP contribution in [0.25, 0.3) is 0 Å². The van der Waals surface area contributed by atoms with E-state index in [2.05, 4.69) is 0 Å². The van der Waals surface area contributed by atoms with Gasteiger partial charge in [0.15, 0.2) is 5.78 Å². The lowest BCUT2D eigenvalue weighted by Gasteiger charge is -2.35. The van der Waals surface area contributed by atoms with Gasteiger partial charge in [0.1, 0.15) is 17.2 Å². The fraction of sp³-hybridized carbons (Fsp3) is 0.455. The molecule has 1 aromatic heterocycles. The van der Waals surface area contributed by atoms with Gasteiger partial charge in [-0.05, 0) is 24.1 Å². The van der Waals surface area contributed by atoms with Crippen molar-refractivity contribution in [3.63, 3.8) is 0 Å². The largest absolute Gasteiger partial charge is 0.384 e. The quantitative estimate of drug-likeness (QED) is 0.658. The second kappa shape index (κ2) is 9.36. The summed E-state index contributed by atoms with van der Waals surface area (Å²) in [6, 6.07) is 6.26. The molecule has 10 heteroatoms. The number of rotatable bonds is 6. The number of carbonyl (C=O) groups excluding carboxylic acids is 1. The summed E-state index contributed by atoms with van der Waals surface area (Å²) in [5, 5.41) is 8.89. The van der Waals surface area contributed by atoms with Crippen LogP contribution in [0.4, 0.5) is 15.9 Å². The number of aromatic nitrogens is 2. The van der Waals surface area contributed by atoms with E-state index in [1.165, 1.54) is 17.7 Å². The van der Waals surface area contributed by atoms with E-state index >= 15 is 0 Å². The van der Waals surface area contributed by atoms with E-state index in [0.717, 1.165) is 4.57 Å². The second-order valence-corrected chi connectivity index (χ2v) is 8.38. The van der Waals surface area contributed by atoms with Crippen molar-refractivity contribution in [3.05, 3.63) is 56.0 Å². The highest BCUT2D eigenvalue weighted by atomic mass is 19.1. The number of nitrogens with zero attached hydrogens (tertiary/aromatic N) is 5. The highest BCUT2D eigenvalue weighted by Crippen LogP contribution is 2.22. The predicted octanol–water partition coefficient (Wildman–Crippen LogP) is 0.801. The van der Waals surface area contributed by atoms with Gasteiger partial charge in [0, 0.05) is 39.8 Å². The zero-order chi connectivity index (χ0) is 23.6. The first-order valence-electron chi connectivity index (χ1n) is 10.4. The molecular weight excluding hydrogens is 415 g/mol. The maximum atomic E-state index is 14.3. The fourth-order valence-corrected chi connectivity index (χ4v) is 3.85. The first-order valence-corrected chi connectivity index (χ1v) is 10.4. The van der Waals surface area contributed by atoms with Gasteiger partial charge in [0.25, 0.3) is 5.56 Å². The first-order chi connectivity index (χ1) is 15.1.